The van der Waals surface area contributed by atoms with Crippen LogP contribution in [0.2, 0.25) is 0 Å². The predicted octanol–water partition coefficient (Wildman–Crippen LogP) is 25.1. The van der Waals surface area contributed by atoms with Crippen LogP contribution in [0.3, 0.4) is 0 Å². The van der Waals surface area contributed by atoms with Gasteiger partial charge in [0.2, 0.25) is 0 Å². The number of esters is 4. The molecule has 0 aromatic carbocycles. The zero-order valence-electron chi connectivity index (χ0n) is 66.9. The van der Waals surface area contributed by atoms with E-state index in [0.717, 1.165) is 102 Å². The lowest BCUT2D eigenvalue weighted by Crippen LogP contribution is -2.30. The summed E-state index contributed by atoms with van der Waals surface area (Å²) in [5.74, 6) is -0.487. The molecular formula is C83H162O17P2. The van der Waals surface area contributed by atoms with Crippen LogP contribution in [0.15, 0.2) is 0 Å². The second-order valence-corrected chi connectivity index (χ2v) is 33.7. The Kier molecular flexibility index (Phi) is 73.1. The van der Waals surface area contributed by atoms with Crippen LogP contribution in [0.25, 0.3) is 0 Å². The molecule has 2 unspecified atom stereocenters. The Hall–Kier alpha value is -1.94. The van der Waals surface area contributed by atoms with Gasteiger partial charge < -0.3 is 33.8 Å². The summed E-state index contributed by atoms with van der Waals surface area (Å²) in [6.07, 6.45) is 65.1. The van der Waals surface area contributed by atoms with Gasteiger partial charge in [0.25, 0.3) is 0 Å². The smallest absolute Gasteiger partial charge is 0.462 e. The second kappa shape index (κ2) is 74.5. The van der Waals surface area contributed by atoms with E-state index in [-0.39, 0.29) is 25.7 Å². The molecule has 0 aromatic rings. The van der Waals surface area contributed by atoms with E-state index in [2.05, 4.69) is 41.5 Å². The van der Waals surface area contributed by atoms with Gasteiger partial charge in [0.1, 0.15) is 19.3 Å². The van der Waals surface area contributed by atoms with Crippen molar-refractivity contribution in [1.29, 1.82) is 0 Å². The van der Waals surface area contributed by atoms with Gasteiger partial charge in [-0.05, 0) is 37.5 Å². The molecule has 0 aliphatic rings. The molecule has 0 heterocycles. The highest BCUT2D eigenvalue weighted by Crippen LogP contribution is 2.45. The Labute approximate surface area is 626 Å². The molecule has 0 aliphatic heterocycles. The molecule has 0 saturated carbocycles. The first-order valence-corrected chi connectivity index (χ1v) is 46.0. The molecular weight excluding hydrogens is 1330 g/mol. The average molecular weight is 1490 g/mol. The van der Waals surface area contributed by atoms with E-state index in [1.54, 1.807) is 0 Å². The van der Waals surface area contributed by atoms with E-state index in [1.165, 1.54) is 257 Å². The maximum atomic E-state index is 13.1. The molecule has 606 valence electrons. The van der Waals surface area contributed by atoms with Crippen LogP contribution in [0.4, 0.5) is 0 Å². The SMILES string of the molecule is CCCCCCCCCCCCCCCC(=O)O[C@H](COC(=O)CCCCCCCCCCCCCC)COP(=O)(O)OC[C@H](O)COP(=O)(O)OC[C@@H](COC(=O)CCCCCCCCCCCCCCCCCC(C)C)OC(=O)CCCCCCCCCCCCCCCCCCC(C)C. The Balaban J connectivity index is 5.25. The highest BCUT2D eigenvalue weighted by Gasteiger charge is 2.30. The van der Waals surface area contributed by atoms with Crippen LogP contribution < -0.4 is 0 Å². The first kappa shape index (κ1) is 100. The molecule has 19 heteroatoms. The minimum absolute atomic E-state index is 0.108. The van der Waals surface area contributed by atoms with Gasteiger partial charge in [0.15, 0.2) is 12.2 Å². The molecule has 102 heavy (non-hydrogen) atoms. The lowest BCUT2D eigenvalue weighted by molar-refractivity contribution is -0.161. The number of ether oxygens (including phenoxy) is 4. The van der Waals surface area contributed by atoms with Gasteiger partial charge in [-0.3, -0.25) is 37.3 Å². The normalized spacial score (nSPS) is 13.9. The van der Waals surface area contributed by atoms with Crippen LogP contribution in [0, 0.1) is 11.8 Å². The summed E-state index contributed by atoms with van der Waals surface area (Å²) in [4.78, 5) is 73.1. The second-order valence-electron chi connectivity index (χ2n) is 30.8. The number of rotatable bonds is 82. The molecule has 3 N–H and O–H groups in total. The summed E-state index contributed by atoms with van der Waals surface area (Å²) in [5.41, 5.74) is 0. The minimum atomic E-state index is -4.96. The van der Waals surface area contributed by atoms with Crippen LogP contribution in [-0.4, -0.2) is 96.7 Å². The highest BCUT2D eigenvalue weighted by atomic mass is 31.2. The van der Waals surface area contributed by atoms with Crippen molar-refractivity contribution in [3.05, 3.63) is 0 Å². The third-order valence-electron chi connectivity index (χ3n) is 19.5. The number of carbonyl (C=O) groups is 4. The number of aliphatic hydroxyl groups excluding tert-OH is 1. The number of carbonyl (C=O) groups excluding carboxylic acids is 4. The monoisotopic (exact) mass is 1490 g/mol. The van der Waals surface area contributed by atoms with E-state index < -0.39 is 97.5 Å². The molecule has 0 aromatic heterocycles. The fraction of sp³-hybridized carbons (Fsp3) is 0.952. The highest BCUT2D eigenvalue weighted by molar-refractivity contribution is 7.47. The van der Waals surface area contributed by atoms with Gasteiger partial charge in [-0.25, -0.2) is 9.13 Å². The fourth-order valence-corrected chi connectivity index (χ4v) is 14.5. The number of hydrogen-bond donors (Lipinski definition) is 3. The summed E-state index contributed by atoms with van der Waals surface area (Å²) in [7, 11) is -9.92. The Morgan fingerprint density at radius 2 is 0.451 bits per heavy atom. The van der Waals surface area contributed by atoms with Gasteiger partial charge in [0, 0.05) is 25.7 Å². The predicted molar refractivity (Wildman–Crippen MR) is 418 cm³/mol. The molecule has 5 atom stereocenters. The van der Waals surface area contributed by atoms with E-state index >= 15 is 0 Å². The number of phosphoric ester groups is 2. The van der Waals surface area contributed by atoms with Crippen molar-refractivity contribution in [2.45, 2.75) is 458 Å². The quantitative estimate of drug-likeness (QED) is 0.0222. The maximum Gasteiger partial charge on any atom is 0.472 e. The topological polar surface area (TPSA) is 237 Å². The maximum absolute atomic E-state index is 13.1. The summed E-state index contributed by atoms with van der Waals surface area (Å²) in [5, 5.41) is 10.7. The van der Waals surface area contributed by atoms with Crippen molar-refractivity contribution in [3.8, 4) is 0 Å². The molecule has 0 bridgehead atoms. The first-order chi connectivity index (χ1) is 49.4. The molecule has 17 nitrogen and oxygen atoms in total. The van der Waals surface area contributed by atoms with Crippen molar-refractivity contribution in [3.63, 3.8) is 0 Å². The number of hydrogen-bond acceptors (Lipinski definition) is 15. The lowest BCUT2D eigenvalue weighted by Gasteiger charge is -2.21. The Morgan fingerprint density at radius 3 is 0.667 bits per heavy atom. The number of aliphatic hydroxyl groups is 1. The van der Waals surface area contributed by atoms with Gasteiger partial charge >= 0.3 is 39.5 Å². The van der Waals surface area contributed by atoms with Crippen LogP contribution in [0.1, 0.15) is 440 Å². The van der Waals surface area contributed by atoms with Crippen molar-refractivity contribution in [1.82, 2.24) is 0 Å². The largest absolute Gasteiger partial charge is 0.472 e. The summed E-state index contributed by atoms with van der Waals surface area (Å²) < 4.78 is 68.8. The van der Waals surface area contributed by atoms with E-state index in [1.807, 2.05) is 0 Å². The molecule has 0 amide bonds. The van der Waals surface area contributed by atoms with Crippen LogP contribution in [-0.2, 0) is 65.4 Å². The van der Waals surface area contributed by atoms with E-state index in [0.29, 0.717) is 25.7 Å². The molecule has 0 saturated heterocycles. The molecule has 0 radical (unpaired) electrons. The standard InChI is InChI=1S/C83H162O17P2/c1-7-9-11-13-15-17-19-28-37-43-49-55-61-67-82(87)99-78(71-93-80(85)65-59-53-47-41-35-20-18-16-14-12-10-8-2)73-97-101(89,90)95-69-77(84)70-96-102(91,92)98-74-79(72-94-81(86)66-60-54-48-42-36-31-27-23-25-30-34-40-46-52-58-64-76(5)6)100-83(88)68-62-56-50-44-38-32-26-22-21-24-29-33-39-45-51-57-63-75(3)4/h75-79,84H,7-74H2,1-6H3,(H,89,90)(H,91,92)/t77-,78+,79+/m0/s1. The van der Waals surface area contributed by atoms with Crippen LogP contribution >= 0.6 is 15.6 Å². The van der Waals surface area contributed by atoms with Crippen molar-refractivity contribution >= 4 is 39.5 Å². The number of unbranched alkanes of at least 4 members (excludes halogenated alkanes) is 52. The fourth-order valence-electron chi connectivity index (χ4n) is 12.9. The van der Waals surface area contributed by atoms with Gasteiger partial charge in [-0.1, -0.05) is 388 Å². The van der Waals surface area contributed by atoms with Gasteiger partial charge in [-0.15, -0.1) is 0 Å². The molecule has 0 rings (SSSR count). The van der Waals surface area contributed by atoms with Gasteiger partial charge in [0.05, 0.1) is 26.4 Å². The Bertz CT molecular complexity index is 1960. The molecule has 0 aliphatic carbocycles. The summed E-state index contributed by atoms with van der Waals surface area (Å²) in [6.45, 7) is 9.71. The number of phosphoric acid groups is 2. The third kappa shape index (κ3) is 76.3. The Morgan fingerprint density at radius 1 is 0.265 bits per heavy atom. The summed E-state index contributed by atoms with van der Waals surface area (Å²) >= 11 is 0. The average Bonchev–Trinajstić information content (AvgIpc) is 0.924. The zero-order valence-corrected chi connectivity index (χ0v) is 68.7. The summed E-state index contributed by atoms with van der Waals surface area (Å²) in [6, 6.07) is 0. The van der Waals surface area contributed by atoms with Crippen molar-refractivity contribution < 1.29 is 80.2 Å². The first-order valence-electron chi connectivity index (χ1n) is 43.0. The van der Waals surface area contributed by atoms with Gasteiger partial charge in [-0.2, -0.15) is 0 Å². The lowest BCUT2D eigenvalue weighted by atomic mass is 10.0. The third-order valence-corrected chi connectivity index (χ3v) is 21.4. The van der Waals surface area contributed by atoms with E-state index in [9.17, 15) is 43.2 Å². The van der Waals surface area contributed by atoms with Crippen molar-refractivity contribution in [2.24, 2.45) is 11.8 Å². The van der Waals surface area contributed by atoms with Crippen molar-refractivity contribution in [2.75, 3.05) is 39.6 Å². The molecule has 0 fully saturated rings. The zero-order chi connectivity index (χ0) is 74.9. The minimum Gasteiger partial charge on any atom is -0.462 e. The van der Waals surface area contributed by atoms with Crippen LogP contribution in [0.5, 0.6) is 0 Å². The molecule has 0 spiro atoms. The van der Waals surface area contributed by atoms with E-state index in [4.69, 9.17) is 37.0 Å².